The minimum Gasteiger partial charge on any atom is -0.393 e. The van der Waals surface area contributed by atoms with Gasteiger partial charge in [0.15, 0.2) is 5.67 Å². The minimum atomic E-state index is -1.84. The van der Waals surface area contributed by atoms with E-state index in [-0.39, 0.29) is 19.0 Å². The van der Waals surface area contributed by atoms with Gasteiger partial charge in [-0.25, -0.2) is 14.4 Å². The molecule has 1 aromatic heterocycles. The fourth-order valence-electron chi connectivity index (χ4n) is 3.64. The monoisotopic (exact) mass is 341 g/mol. The zero-order valence-corrected chi connectivity index (χ0v) is 13.8. The summed E-state index contributed by atoms with van der Waals surface area (Å²) in [5.74, 6) is -0.490. The summed E-state index contributed by atoms with van der Waals surface area (Å²) in [5, 5.41) is 9.64. The van der Waals surface area contributed by atoms with Crippen LogP contribution in [-0.4, -0.2) is 51.2 Å². The SMILES string of the molecule is O=C(c1cncnc1C1CC1)N1C[C@H](c2ccccc2)[C@@](F)(CO)C1. The van der Waals surface area contributed by atoms with E-state index in [9.17, 15) is 9.90 Å². The predicted molar refractivity (Wildman–Crippen MR) is 90.0 cm³/mol. The molecule has 2 fully saturated rings. The fourth-order valence-corrected chi connectivity index (χ4v) is 3.64. The van der Waals surface area contributed by atoms with E-state index < -0.39 is 18.2 Å². The third-order valence-electron chi connectivity index (χ3n) is 5.17. The molecule has 0 unspecified atom stereocenters. The van der Waals surface area contributed by atoms with Crippen LogP contribution < -0.4 is 0 Å². The van der Waals surface area contributed by atoms with Gasteiger partial charge in [-0.15, -0.1) is 0 Å². The average molecular weight is 341 g/mol. The number of carbonyl (C=O) groups is 1. The Morgan fingerprint density at radius 3 is 2.76 bits per heavy atom. The largest absolute Gasteiger partial charge is 0.393 e. The number of rotatable bonds is 4. The minimum absolute atomic E-state index is 0.124. The quantitative estimate of drug-likeness (QED) is 0.927. The van der Waals surface area contributed by atoms with Crippen molar-refractivity contribution in [1.82, 2.24) is 14.9 Å². The number of benzene rings is 1. The first-order chi connectivity index (χ1) is 12.1. The Morgan fingerprint density at radius 1 is 1.32 bits per heavy atom. The molecule has 1 aromatic carbocycles. The van der Waals surface area contributed by atoms with Crippen molar-refractivity contribution in [2.75, 3.05) is 19.7 Å². The molecule has 2 heterocycles. The fraction of sp³-hybridized carbons (Fsp3) is 0.421. The van der Waals surface area contributed by atoms with Crippen LogP contribution in [0.5, 0.6) is 0 Å². The number of nitrogens with zero attached hydrogens (tertiary/aromatic N) is 3. The summed E-state index contributed by atoms with van der Waals surface area (Å²) in [6.07, 6.45) is 5.02. The molecule has 1 aliphatic heterocycles. The topological polar surface area (TPSA) is 66.3 Å². The van der Waals surface area contributed by atoms with Crippen molar-refractivity contribution in [3.05, 3.63) is 59.7 Å². The molecule has 4 rings (SSSR count). The van der Waals surface area contributed by atoms with Crippen molar-refractivity contribution in [3.63, 3.8) is 0 Å². The lowest BCUT2D eigenvalue weighted by atomic mass is 9.87. The molecule has 25 heavy (non-hydrogen) atoms. The second kappa shape index (κ2) is 6.19. The van der Waals surface area contributed by atoms with E-state index >= 15 is 4.39 Å². The van der Waals surface area contributed by atoms with E-state index in [0.29, 0.717) is 11.5 Å². The molecule has 5 nitrogen and oxygen atoms in total. The molecule has 2 aliphatic rings. The Labute approximate surface area is 145 Å². The summed E-state index contributed by atoms with van der Waals surface area (Å²) in [6, 6.07) is 9.22. The molecule has 1 aliphatic carbocycles. The lowest BCUT2D eigenvalue weighted by Gasteiger charge is -2.23. The van der Waals surface area contributed by atoms with E-state index in [0.717, 1.165) is 24.1 Å². The standard InChI is InChI=1S/C19H20FN3O2/c20-19(11-24)10-23(9-16(19)13-4-2-1-3-5-13)18(25)15-8-21-12-22-17(15)14-6-7-14/h1-5,8,12,14,16,24H,6-7,9-11H2/t16-,19+/m1/s1. The first kappa shape index (κ1) is 16.1. The van der Waals surface area contributed by atoms with Gasteiger partial charge in [0, 0.05) is 24.6 Å². The van der Waals surface area contributed by atoms with Gasteiger partial charge in [0.2, 0.25) is 0 Å². The molecule has 6 heteroatoms. The van der Waals surface area contributed by atoms with Crippen molar-refractivity contribution in [1.29, 1.82) is 0 Å². The lowest BCUT2D eigenvalue weighted by molar-refractivity contribution is 0.0575. The van der Waals surface area contributed by atoms with Gasteiger partial charge in [0.1, 0.15) is 6.33 Å². The lowest BCUT2D eigenvalue weighted by Crippen LogP contribution is -2.37. The highest BCUT2D eigenvalue weighted by atomic mass is 19.1. The number of aliphatic hydroxyl groups is 1. The van der Waals surface area contributed by atoms with Gasteiger partial charge in [-0.2, -0.15) is 0 Å². The van der Waals surface area contributed by atoms with E-state index in [1.165, 1.54) is 17.4 Å². The van der Waals surface area contributed by atoms with Crippen molar-refractivity contribution in [3.8, 4) is 0 Å². The van der Waals surface area contributed by atoms with Gasteiger partial charge < -0.3 is 10.0 Å². The molecule has 0 bridgehead atoms. The zero-order valence-electron chi connectivity index (χ0n) is 13.8. The predicted octanol–water partition coefficient (Wildman–Crippen LogP) is 2.29. The average Bonchev–Trinajstić information content (AvgIpc) is 3.44. The maximum absolute atomic E-state index is 15.3. The van der Waals surface area contributed by atoms with Crippen LogP contribution in [0.4, 0.5) is 4.39 Å². The Kier molecular flexibility index (Phi) is 4.00. The van der Waals surface area contributed by atoms with E-state index in [1.807, 2.05) is 30.3 Å². The molecule has 130 valence electrons. The van der Waals surface area contributed by atoms with E-state index in [4.69, 9.17) is 0 Å². The van der Waals surface area contributed by atoms with Crippen molar-refractivity contribution in [2.45, 2.75) is 30.3 Å². The van der Waals surface area contributed by atoms with Crippen molar-refractivity contribution < 1.29 is 14.3 Å². The molecule has 1 saturated heterocycles. The van der Waals surface area contributed by atoms with Crippen LogP contribution in [0.1, 0.15) is 46.3 Å². The number of aliphatic hydroxyl groups excluding tert-OH is 1. The summed E-state index contributed by atoms with van der Waals surface area (Å²) < 4.78 is 15.3. The molecule has 1 amide bonds. The van der Waals surface area contributed by atoms with Crippen LogP contribution in [0.15, 0.2) is 42.9 Å². The van der Waals surface area contributed by atoms with Gasteiger partial charge in [-0.3, -0.25) is 4.79 Å². The Hall–Kier alpha value is -2.34. The highest BCUT2D eigenvalue weighted by Crippen LogP contribution is 2.42. The van der Waals surface area contributed by atoms with Crippen LogP contribution in [0, 0.1) is 0 Å². The van der Waals surface area contributed by atoms with Gasteiger partial charge in [-0.1, -0.05) is 30.3 Å². The highest BCUT2D eigenvalue weighted by molar-refractivity contribution is 5.95. The van der Waals surface area contributed by atoms with Crippen LogP contribution in [-0.2, 0) is 0 Å². The van der Waals surface area contributed by atoms with E-state index in [2.05, 4.69) is 9.97 Å². The number of likely N-dealkylation sites (tertiary alicyclic amines) is 1. The maximum Gasteiger partial charge on any atom is 0.257 e. The van der Waals surface area contributed by atoms with Crippen LogP contribution in [0.2, 0.25) is 0 Å². The van der Waals surface area contributed by atoms with Crippen LogP contribution in [0.3, 0.4) is 0 Å². The summed E-state index contributed by atoms with van der Waals surface area (Å²) in [5.41, 5.74) is 0.170. The molecule has 1 saturated carbocycles. The number of aromatic nitrogens is 2. The highest BCUT2D eigenvalue weighted by Gasteiger charge is 2.49. The number of hydrogen-bond acceptors (Lipinski definition) is 4. The number of carbonyl (C=O) groups excluding carboxylic acids is 1. The third-order valence-corrected chi connectivity index (χ3v) is 5.17. The number of hydrogen-bond donors (Lipinski definition) is 1. The summed E-state index contributed by atoms with van der Waals surface area (Å²) >= 11 is 0. The molecular formula is C19H20FN3O2. The maximum atomic E-state index is 15.3. The van der Waals surface area contributed by atoms with Gasteiger partial charge in [0.05, 0.1) is 24.4 Å². The van der Waals surface area contributed by atoms with Gasteiger partial charge >= 0.3 is 0 Å². The second-order valence-electron chi connectivity index (χ2n) is 6.94. The second-order valence-corrected chi connectivity index (χ2v) is 6.94. The Morgan fingerprint density at radius 2 is 2.08 bits per heavy atom. The molecule has 2 atom stereocenters. The molecule has 0 radical (unpaired) electrons. The first-order valence-electron chi connectivity index (χ1n) is 8.56. The van der Waals surface area contributed by atoms with Crippen molar-refractivity contribution >= 4 is 5.91 Å². The third kappa shape index (κ3) is 2.91. The van der Waals surface area contributed by atoms with Crippen LogP contribution >= 0.6 is 0 Å². The summed E-state index contributed by atoms with van der Waals surface area (Å²) in [7, 11) is 0. The molecule has 2 aromatic rings. The Bertz CT molecular complexity index is 781. The number of alkyl halides is 1. The first-order valence-corrected chi connectivity index (χ1v) is 8.56. The summed E-state index contributed by atoms with van der Waals surface area (Å²) in [4.78, 5) is 22.7. The summed E-state index contributed by atoms with van der Waals surface area (Å²) in [6.45, 7) is -0.503. The molecule has 0 spiro atoms. The van der Waals surface area contributed by atoms with Gasteiger partial charge in [0.25, 0.3) is 5.91 Å². The number of halogens is 1. The molecule has 1 N–H and O–H groups in total. The Balaban J connectivity index is 1.63. The van der Waals surface area contributed by atoms with Crippen LogP contribution in [0.25, 0.3) is 0 Å². The van der Waals surface area contributed by atoms with Gasteiger partial charge in [-0.05, 0) is 18.4 Å². The van der Waals surface area contributed by atoms with Crippen molar-refractivity contribution in [2.24, 2.45) is 0 Å². The zero-order chi connectivity index (χ0) is 17.4. The smallest absolute Gasteiger partial charge is 0.257 e. The molecular weight excluding hydrogens is 321 g/mol. The van der Waals surface area contributed by atoms with E-state index in [1.54, 1.807) is 0 Å². The normalized spacial score (nSPS) is 26.0. The number of amides is 1.